The average Bonchev–Trinajstić information content (AvgIpc) is 3.08. The van der Waals surface area contributed by atoms with Crippen molar-refractivity contribution in [3.05, 3.63) is 96.3 Å². The molecule has 3 aromatic carbocycles. The van der Waals surface area contributed by atoms with Crippen molar-refractivity contribution < 1.29 is 9.53 Å². The maximum absolute atomic E-state index is 12.8. The standard InChI is InChI=1S/C40H50N2O2S/c1-3-5-7-9-11-13-15-29-45-38-27-23-34(24-28-38)33-17-19-36(20-18-33)40(43)44-37-25-21-35(22-26-37)39-41-30-32(31-42-39)16-14-12-10-8-6-4-2/h17-28,30-31H,3-16,29H2,1-2H3. The molecule has 0 fully saturated rings. The van der Waals surface area contributed by atoms with Crippen LogP contribution in [0.2, 0.25) is 0 Å². The number of carbonyl (C=O) groups is 1. The Hall–Kier alpha value is -3.44. The van der Waals surface area contributed by atoms with Gasteiger partial charge >= 0.3 is 5.97 Å². The van der Waals surface area contributed by atoms with E-state index in [1.807, 2.05) is 60.6 Å². The van der Waals surface area contributed by atoms with Crippen LogP contribution >= 0.6 is 11.8 Å². The van der Waals surface area contributed by atoms with Crippen molar-refractivity contribution in [2.24, 2.45) is 0 Å². The number of hydrogen-bond acceptors (Lipinski definition) is 5. The molecule has 1 aromatic heterocycles. The van der Waals surface area contributed by atoms with E-state index in [-0.39, 0.29) is 5.97 Å². The maximum atomic E-state index is 12.8. The van der Waals surface area contributed by atoms with Crippen LogP contribution in [0.3, 0.4) is 0 Å². The largest absolute Gasteiger partial charge is 0.423 e. The minimum absolute atomic E-state index is 0.373. The number of hydrogen-bond donors (Lipinski definition) is 0. The van der Waals surface area contributed by atoms with E-state index in [0.29, 0.717) is 17.1 Å². The third kappa shape index (κ3) is 12.1. The number of esters is 1. The number of aryl methyl sites for hydroxylation is 1. The van der Waals surface area contributed by atoms with Crippen molar-refractivity contribution in [1.82, 2.24) is 9.97 Å². The molecule has 238 valence electrons. The van der Waals surface area contributed by atoms with Crippen molar-refractivity contribution in [2.45, 2.75) is 109 Å². The topological polar surface area (TPSA) is 52.1 Å². The molecule has 0 saturated carbocycles. The van der Waals surface area contributed by atoms with Gasteiger partial charge in [-0.3, -0.25) is 0 Å². The molecular weight excluding hydrogens is 573 g/mol. The van der Waals surface area contributed by atoms with E-state index >= 15 is 0 Å². The van der Waals surface area contributed by atoms with Gasteiger partial charge in [-0.1, -0.05) is 109 Å². The zero-order chi connectivity index (χ0) is 31.5. The van der Waals surface area contributed by atoms with Crippen LogP contribution in [0.1, 0.15) is 113 Å². The second-order valence-electron chi connectivity index (χ2n) is 11.9. The van der Waals surface area contributed by atoms with E-state index in [4.69, 9.17) is 4.74 Å². The second-order valence-corrected chi connectivity index (χ2v) is 13.1. The quantitative estimate of drug-likeness (QED) is 0.0425. The molecule has 0 aliphatic rings. The lowest BCUT2D eigenvalue weighted by Gasteiger charge is -2.08. The van der Waals surface area contributed by atoms with Gasteiger partial charge in [0, 0.05) is 22.9 Å². The minimum Gasteiger partial charge on any atom is -0.423 e. The van der Waals surface area contributed by atoms with Gasteiger partial charge in [-0.2, -0.15) is 0 Å². The normalized spacial score (nSPS) is 11.1. The van der Waals surface area contributed by atoms with E-state index in [9.17, 15) is 4.79 Å². The van der Waals surface area contributed by atoms with Gasteiger partial charge in [0.25, 0.3) is 0 Å². The number of rotatable bonds is 20. The molecule has 4 nitrogen and oxygen atoms in total. The SMILES string of the molecule is CCCCCCCCCSc1ccc(-c2ccc(C(=O)Oc3ccc(-c4ncc(CCCCCCCC)cn4)cc3)cc2)cc1. The molecule has 1 heterocycles. The summed E-state index contributed by atoms with van der Waals surface area (Å²) in [6.07, 6.45) is 22.0. The summed E-state index contributed by atoms with van der Waals surface area (Å²) in [5.41, 5.74) is 4.82. The number of unbranched alkanes of at least 4 members (excludes halogenated alkanes) is 11. The van der Waals surface area contributed by atoms with Gasteiger partial charge < -0.3 is 4.74 Å². The van der Waals surface area contributed by atoms with E-state index in [2.05, 4.69) is 48.1 Å². The highest BCUT2D eigenvalue weighted by atomic mass is 32.2. The molecule has 0 bridgehead atoms. The summed E-state index contributed by atoms with van der Waals surface area (Å²) in [4.78, 5) is 23.3. The van der Waals surface area contributed by atoms with Crippen LogP contribution in [0.25, 0.3) is 22.5 Å². The summed E-state index contributed by atoms with van der Waals surface area (Å²) in [5, 5.41) is 0. The first kappa shape index (κ1) is 34.4. The van der Waals surface area contributed by atoms with E-state index in [0.717, 1.165) is 23.1 Å². The average molecular weight is 623 g/mol. The van der Waals surface area contributed by atoms with Crippen molar-refractivity contribution in [3.8, 4) is 28.3 Å². The first-order valence-corrected chi connectivity index (χ1v) is 18.1. The van der Waals surface area contributed by atoms with E-state index in [1.54, 1.807) is 12.1 Å². The third-order valence-electron chi connectivity index (χ3n) is 8.17. The molecule has 0 N–H and O–H groups in total. The van der Waals surface area contributed by atoms with Gasteiger partial charge in [-0.15, -0.1) is 11.8 Å². The first-order valence-electron chi connectivity index (χ1n) is 17.1. The molecule has 5 heteroatoms. The van der Waals surface area contributed by atoms with Crippen molar-refractivity contribution >= 4 is 17.7 Å². The molecule has 0 aliphatic heterocycles. The Morgan fingerprint density at radius 2 is 1.11 bits per heavy atom. The number of ether oxygens (including phenoxy) is 1. The highest BCUT2D eigenvalue weighted by Gasteiger charge is 2.10. The predicted molar refractivity (Wildman–Crippen MR) is 190 cm³/mol. The van der Waals surface area contributed by atoms with Gasteiger partial charge in [-0.25, -0.2) is 14.8 Å². The van der Waals surface area contributed by atoms with Crippen LogP contribution in [-0.4, -0.2) is 21.7 Å². The Labute approximate surface area is 275 Å². The molecule has 0 radical (unpaired) electrons. The molecular formula is C40H50N2O2S. The molecule has 4 aromatic rings. The Bertz CT molecular complexity index is 1380. The smallest absolute Gasteiger partial charge is 0.343 e. The van der Waals surface area contributed by atoms with Crippen LogP contribution in [0.5, 0.6) is 5.75 Å². The molecule has 0 atom stereocenters. The van der Waals surface area contributed by atoms with Crippen LogP contribution in [-0.2, 0) is 6.42 Å². The summed E-state index contributed by atoms with van der Waals surface area (Å²) in [5.74, 6) is 1.97. The fourth-order valence-corrected chi connectivity index (χ4v) is 6.28. The summed E-state index contributed by atoms with van der Waals surface area (Å²) >= 11 is 1.94. The first-order chi connectivity index (χ1) is 22.2. The zero-order valence-electron chi connectivity index (χ0n) is 27.3. The van der Waals surface area contributed by atoms with E-state index < -0.39 is 0 Å². The molecule has 45 heavy (non-hydrogen) atoms. The molecule has 0 unspecified atom stereocenters. The highest BCUT2D eigenvalue weighted by Crippen LogP contribution is 2.26. The predicted octanol–water partition coefficient (Wildman–Crippen LogP) is 11.8. The minimum atomic E-state index is -0.373. The summed E-state index contributed by atoms with van der Waals surface area (Å²) in [6, 6.07) is 23.7. The van der Waals surface area contributed by atoms with Gasteiger partial charge in [-0.05, 0) is 90.2 Å². The lowest BCUT2D eigenvalue weighted by atomic mass is 10.0. The molecule has 0 aliphatic carbocycles. The molecule has 4 rings (SSSR count). The van der Waals surface area contributed by atoms with Gasteiger partial charge in [0.05, 0.1) is 5.56 Å². The lowest BCUT2D eigenvalue weighted by molar-refractivity contribution is 0.0735. The molecule has 0 saturated heterocycles. The Morgan fingerprint density at radius 1 is 0.600 bits per heavy atom. The van der Waals surface area contributed by atoms with Crippen molar-refractivity contribution in [2.75, 3.05) is 5.75 Å². The summed E-state index contributed by atoms with van der Waals surface area (Å²) < 4.78 is 5.65. The Kier molecular flexibility index (Phi) is 15.2. The number of benzene rings is 3. The Balaban J connectivity index is 1.20. The zero-order valence-corrected chi connectivity index (χ0v) is 28.1. The lowest BCUT2D eigenvalue weighted by Crippen LogP contribution is -2.08. The van der Waals surface area contributed by atoms with Crippen molar-refractivity contribution in [3.63, 3.8) is 0 Å². The molecule has 0 amide bonds. The number of carbonyl (C=O) groups excluding carboxylic acids is 1. The van der Waals surface area contributed by atoms with Gasteiger partial charge in [0.2, 0.25) is 0 Å². The van der Waals surface area contributed by atoms with Crippen LogP contribution in [0.15, 0.2) is 90.1 Å². The maximum Gasteiger partial charge on any atom is 0.343 e. The number of thioether (sulfide) groups is 1. The third-order valence-corrected chi connectivity index (χ3v) is 9.27. The van der Waals surface area contributed by atoms with E-state index in [1.165, 1.54) is 99.7 Å². The van der Waals surface area contributed by atoms with Crippen LogP contribution in [0, 0.1) is 0 Å². The molecule has 0 spiro atoms. The van der Waals surface area contributed by atoms with Crippen LogP contribution < -0.4 is 4.74 Å². The summed E-state index contributed by atoms with van der Waals surface area (Å²) in [7, 11) is 0. The van der Waals surface area contributed by atoms with Gasteiger partial charge in [0.1, 0.15) is 5.75 Å². The fraction of sp³-hybridized carbons (Fsp3) is 0.425. The van der Waals surface area contributed by atoms with Crippen LogP contribution in [0.4, 0.5) is 0 Å². The number of nitrogens with zero attached hydrogens (tertiary/aromatic N) is 2. The van der Waals surface area contributed by atoms with Crippen molar-refractivity contribution in [1.29, 1.82) is 0 Å². The Morgan fingerprint density at radius 3 is 1.71 bits per heavy atom. The number of aromatic nitrogens is 2. The monoisotopic (exact) mass is 622 g/mol. The van der Waals surface area contributed by atoms with Gasteiger partial charge in [0.15, 0.2) is 5.82 Å². The second kappa shape index (κ2) is 19.8. The summed E-state index contributed by atoms with van der Waals surface area (Å²) in [6.45, 7) is 4.51. The highest BCUT2D eigenvalue weighted by molar-refractivity contribution is 7.99. The fourth-order valence-electron chi connectivity index (χ4n) is 5.37.